The van der Waals surface area contributed by atoms with Gasteiger partial charge in [-0.15, -0.1) is 0 Å². The molecule has 0 bridgehead atoms. The fourth-order valence-corrected chi connectivity index (χ4v) is 1.68. The molecule has 0 unspecified atom stereocenters. The second-order valence-corrected chi connectivity index (χ2v) is 2.99. The minimum atomic E-state index is 0.323. The van der Waals surface area contributed by atoms with E-state index < -0.39 is 0 Å². The average Bonchev–Trinajstić information content (AvgIpc) is 2.41. The van der Waals surface area contributed by atoms with Crippen molar-refractivity contribution < 1.29 is 9.53 Å². The quantitative estimate of drug-likeness (QED) is 0.497. The Morgan fingerprint density at radius 2 is 2.40 bits per heavy atom. The normalized spacial score (nSPS) is 31.7. The molecule has 2 aliphatic rings. The van der Waals surface area contributed by atoms with Crippen molar-refractivity contribution in [2.75, 3.05) is 13.2 Å². The summed E-state index contributed by atoms with van der Waals surface area (Å²) < 4.78 is 5.22. The molecule has 2 rings (SSSR count). The van der Waals surface area contributed by atoms with Crippen LogP contribution in [0.1, 0.15) is 13.3 Å². The van der Waals surface area contributed by atoms with Crippen LogP contribution in [-0.4, -0.2) is 19.0 Å². The minimum absolute atomic E-state index is 0.323. The standard InChI is InChI=1S/C8H10O2/c1-5-7-4-10-3-6(7)2-8(5)9/h6H,2-4H2,1H3/t6-/m1/s1. The minimum Gasteiger partial charge on any atom is -0.376 e. The molecule has 10 heavy (non-hydrogen) atoms. The molecule has 2 heteroatoms. The predicted molar refractivity (Wildman–Crippen MR) is 36.6 cm³/mol. The number of fused-ring (bicyclic) bond motifs is 1. The molecule has 0 aromatic rings. The van der Waals surface area contributed by atoms with Gasteiger partial charge in [0.1, 0.15) is 0 Å². The van der Waals surface area contributed by atoms with Crippen molar-refractivity contribution in [2.24, 2.45) is 5.92 Å². The largest absolute Gasteiger partial charge is 0.376 e. The van der Waals surface area contributed by atoms with Crippen LogP contribution in [0.4, 0.5) is 0 Å². The van der Waals surface area contributed by atoms with Crippen LogP contribution in [-0.2, 0) is 9.53 Å². The SMILES string of the molecule is CC1=C2COC[C@H]2CC1=O. The third-order valence-electron chi connectivity index (χ3n) is 2.40. The van der Waals surface area contributed by atoms with E-state index in [2.05, 4.69) is 0 Å². The van der Waals surface area contributed by atoms with Crippen LogP contribution in [0.15, 0.2) is 11.1 Å². The summed E-state index contributed by atoms with van der Waals surface area (Å²) >= 11 is 0. The molecule has 0 spiro atoms. The zero-order valence-electron chi connectivity index (χ0n) is 6.02. The average molecular weight is 138 g/mol. The van der Waals surface area contributed by atoms with Crippen LogP contribution < -0.4 is 0 Å². The summed E-state index contributed by atoms with van der Waals surface area (Å²) in [6.45, 7) is 3.37. The molecule has 0 aromatic carbocycles. The lowest BCUT2D eigenvalue weighted by Gasteiger charge is -1.95. The third-order valence-corrected chi connectivity index (χ3v) is 2.40. The van der Waals surface area contributed by atoms with E-state index >= 15 is 0 Å². The molecule has 1 heterocycles. The molecular weight excluding hydrogens is 128 g/mol. The lowest BCUT2D eigenvalue weighted by molar-refractivity contribution is -0.115. The smallest absolute Gasteiger partial charge is 0.159 e. The van der Waals surface area contributed by atoms with E-state index in [1.54, 1.807) is 0 Å². The van der Waals surface area contributed by atoms with Gasteiger partial charge in [0.25, 0.3) is 0 Å². The summed E-state index contributed by atoms with van der Waals surface area (Å²) in [5, 5.41) is 0. The van der Waals surface area contributed by atoms with Gasteiger partial charge in [0.05, 0.1) is 13.2 Å². The maximum atomic E-state index is 11.1. The highest BCUT2D eigenvalue weighted by Crippen LogP contribution is 2.33. The van der Waals surface area contributed by atoms with Crippen LogP contribution in [0, 0.1) is 5.92 Å². The molecule has 1 saturated heterocycles. The van der Waals surface area contributed by atoms with E-state index in [1.165, 1.54) is 5.57 Å². The molecule has 0 radical (unpaired) electrons. The summed E-state index contributed by atoms with van der Waals surface area (Å²) in [5.41, 5.74) is 2.22. The van der Waals surface area contributed by atoms with Crippen molar-refractivity contribution in [1.82, 2.24) is 0 Å². The summed E-state index contributed by atoms with van der Waals surface area (Å²) in [6.07, 6.45) is 0.696. The maximum Gasteiger partial charge on any atom is 0.159 e. The molecule has 1 atom stereocenters. The first kappa shape index (κ1) is 6.10. The highest BCUT2D eigenvalue weighted by Gasteiger charge is 2.33. The number of ether oxygens (including phenoxy) is 1. The third kappa shape index (κ3) is 0.655. The zero-order valence-corrected chi connectivity index (χ0v) is 6.02. The first-order valence-corrected chi connectivity index (χ1v) is 3.59. The van der Waals surface area contributed by atoms with Gasteiger partial charge in [-0.3, -0.25) is 4.79 Å². The van der Waals surface area contributed by atoms with Crippen LogP contribution >= 0.6 is 0 Å². The Hall–Kier alpha value is -0.630. The van der Waals surface area contributed by atoms with Crippen LogP contribution in [0.2, 0.25) is 0 Å². The van der Waals surface area contributed by atoms with Crippen molar-refractivity contribution in [3.63, 3.8) is 0 Å². The van der Waals surface area contributed by atoms with Gasteiger partial charge in [-0.1, -0.05) is 0 Å². The second-order valence-electron chi connectivity index (χ2n) is 2.99. The van der Waals surface area contributed by atoms with Gasteiger partial charge in [-0.25, -0.2) is 0 Å². The van der Waals surface area contributed by atoms with E-state index in [9.17, 15) is 4.79 Å². The lowest BCUT2D eigenvalue weighted by atomic mass is 10.1. The van der Waals surface area contributed by atoms with Crippen LogP contribution in [0.5, 0.6) is 0 Å². The first-order valence-electron chi connectivity index (χ1n) is 3.59. The highest BCUT2D eigenvalue weighted by atomic mass is 16.5. The van der Waals surface area contributed by atoms with Gasteiger partial charge in [-0.2, -0.15) is 0 Å². The zero-order chi connectivity index (χ0) is 7.14. The van der Waals surface area contributed by atoms with Gasteiger partial charge < -0.3 is 4.74 Å². The summed E-state index contributed by atoms with van der Waals surface area (Å²) in [6, 6.07) is 0. The molecular formula is C8H10O2. The molecule has 0 N–H and O–H groups in total. The van der Waals surface area contributed by atoms with Gasteiger partial charge in [0.2, 0.25) is 0 Å². The molecule has 2 nitrogen and oxygen atoms in total. The number of carbonyl (C=O) groups excluding carboxylic acids is 1. The van der Waals surface area contributed by atoms with E-state index in [0.29, 0.717) is 24.7 Å². The molecule has 1 fully saturated rings. The monoisotopic (exact) mass is 138 g/mol. The number of rotatable bonds is 0. The Labute approximate surface area is 59.9 Å². The highest BCUT2D eigenvalue weighted by molar-refractivity contribution is 5.98. The molecule has 0 amide bonds. The summed E-state index contributed by atoms with van der Waals surface area (Å²) in [7, 11) is 0. The van der Waals surface area contributed by atoms with Gasteiger partial charge in [0, 0.05) is 12.3 Å². The van der Waals surface area contributed by atoms with Gasteiger partial charge in [0.15, 0.2) is 5.78 Å². The van der Waals surface area contributed by atoms with Crippen molar-refractivity contribution in [3.8, 4) is 0 Å². The fraction of sp³-hybridized carbons (Fsp3) is 0.625. The van der Waals surface area contributed by atoms with Crippen molar-refractivity contribution >= 4 is 5.78 Å². The van der Waals surface area contributed by atoms with Crippen LogP contribution in [0.25, 0.3) is 0 Å². The predicted octanol–water partition coefficient (Wildman–Crippen LogP) is 0.922. The van der Waals surface area contributed by atoms with E-state index in [0.717, 1.165) is 12.2 Å². The van der Waals surface area contributed by atoms with E-state index in [-0.39, 0.29) is 0 Å². The number of Topliss-reactive ketones (excluding diaryl/α,β-unsaturated/α-hetero) is 1. The number of hydrogen-bond acceptors (Lipinski definition) is 2. The molecule has 0 aromatic heterocycles. The molecule has 54 valence electrons. The van der Waals surface area contributed by atoms with Gasteiger partial charge >= 0.3 is 0 Å². The van der Waals surface area contributed by atoms with Crippen molar-refractivity contribution in [3.05, 3.63) is 11.1 Å². The molecule has 1 aliphatic carbocycles. The van der Waals surface area contributed by atoms with E-state index in [4.69, 9.17) is 4.74 Å². The second kappa shape index (κ2) is 1.92. The number of hydrogen-bond donors (Lipinski definition) is 0. The maximum absolute atomic E-state index is 11.1. The summed E-state index contributed by atoms with van der Waals surface area (Å²) in [4.78, 5) is 11.1. The Bertz CT molecular complexity index is 215. The van der Waals surface area contributed by atoms with Crippen molar-refractivity contribution in [2.45, 2.75) is 13.3 Å². The van der Waals surface area contributed by atoms with E-state index in [1.807, 2.05) is 6.92 Å². The summed E-state index contributed by atoms with van der Waals surface area (Å²) in [5.74, 6) is 0.760. The lowest BCUT2D eigenvalue weighted by Crippen LogP contribution is -2.00. The number of allylic oxidation sites excluding steroid dienone is 1. The topological polar surface area (TPSA) is 26.3 Å². The Morgan fingerprint density at radius 1 is 1.60 bits per heavy atom. The Morgan fingerprint density at radius 3 is 3.10 bits per heavy atom. The fourth-order valence-electron chi connectivity index (χ4n) is 1.68. The Kier molecular flexibility index (Phi) is 1.17. The molecule has 0 saturated carbocycles. The number of ketones is 1. The molecule has 1 aliphatic heterocycles. The van der Waals surface area contributed by atoms with Gasteiger partial charge in [-0.05, 0) is 18.1 Å². The Balaban J connectivity index is 2.37. The number of carbonyl (C=O) groups is 1. The van der Waals surface area contributed by atoms with Crippen LogP contribution in [0.3, 0.4) is 0 Å². The first-order chi connectivity index (χ1) is 4.79. The van der Waals surface area contributed by atoms with Crippen molar-refractivity contribution in [1.29, 1.82) is 0 Å².